The summed E-state index contributed by atoms with van der Waals surface area (Å²) in [5.41, 5.74) is 0.483. The standard InChI is InChI=1S/C18H19F3N2O3S/c1-3-23-27(25,26)15-9-4-12(2)16(10-15)17(24)22-11-13-5-7-14(8-6-13)18(19,20)21/h4-10,23H,3,11H2,1-2H3,(H,22,24). The number of benzene rings is 2. The van der Waals surface area contributed by atoms with Gasteiger partial charge in [-0.1, -0.05) is 25.1 Å². The second-order valence-electron chi connectivity index (χ2n) is 5.86. The zero-order chi connectivity index (χ0) is 20.2. The average Bonchev–Trinajstić information content (AvgIpc) is 2.59. The molecule has 0 heterocycles. The quantitative estimate of drug-likeness (QED) is 0.782. The molecule has 1 amide bonds. The maximum absolute atomic E-state index is 12.6. The highest BCUT2D eigenvalue weighted by atomic mass is 32.2. The summed E-state index contributed by atoms with van der Waals surface area (Å²) in [6.45, 7) is 3.53. The van der Waals surface area contributed by atoms with Crippen LogP contribution in [-0.2, 0) is 22.7 Å². The van der Waals surface area contributed by atoms with Gasteiger partial charge in [-0.2, -0.15) is 13.2 Å². The van der Waals surface area contributed by atoms with Gasteiger partial charge in [0.1, 0.15) is 0 Å². The molecule has 0 radical (unpaired) electrons. The Morgan fingerprint density at radius 1 is 1.07 bits per heavy atom. The minimum absolute atomic E-state index is 0.0145. The Balaban J connectivity index is 2.14. The fraction of sp³-hybridized carbons (Fsp3) is 0.278. The minimum Gasteiger partial charge on any atom is -0.348 e. The van der Waals surface area contributed by atoms with Crippen LogP contribution in [0.5, 0.6) is 0 Å². The predicted octanol–water partition coefficient (Wildman–Crippen LogP) is 3.24. The van der Waals surface area contributed by atoms with Crippen molar-refractivity contribution in [3.05, 3.63) is 64.7 Å². The molecule has 0 aliphatic carbocycles. The summed E-state index contributed by atoms with van der Waals surface area (Å²) >= 11 is 0. The number of hydrogen-bond donors (Lipinski definition) is 2. The van der Waals surface area contributed by atoms with Gasteiger partial charge in [0.05, 0.1) is 10.5 Å². The SMILES string of the molecule is CCNS(=O)(=O)c1ccc(C)c(C(=O)NCc2ccc(C(F)(F)F)cc2)c1. The van der Waals surface area contributed by atoms with Crippen LogP contribution in [0.3, 0.4) is 0 Å². The summed E-state index contributed by atoms with van der Waals surface area (Å²) in [6, 6.07) is 8.64. The summed E-state index contributed by atoms with van der Waals surface area (Å²) < 4.78 is 64.2. The number of carbonyl (C=O) groups excluding carboxylic acids is 1. The zero-order valence-electron chi connectivity index (χ0n) is 14.7. The molecule has 0 fully saturated rings. The molecule has 146 valence electrons. The van der Waals surface area contributed by atoms with E-state index in [9.17, 15) is 26.4 Å². The Labute approximate surface area is 155 Å². The van der Waals surface area contributed by atoms with Crippen LogP contribution < -0.4 is 10.0 Å². The van der Waals surface area contributed by atoms with Gasteiger partial charge in [-0.25, -0.2) is 13.1 Å². The number of aryl methyl sites for hydroxylation is 1. The molecule has 0 aliphatic heterocycles. The molecule has 2 rings (SSSR count). The Morgan fingerprint density at radius 2 is 1.70 bits per heavy atom. The molecule has 0 saturated carbocycles. The fourth-order valence-corrected chi connectivity index (χ4v) is 3.44. The second-order valence-corrected chi connectivity index (χ2v) is 7.62. The molecule has 0 saturated heterocycles. The van der Waals surface area contributed by atoms with Crippen molar-refractivity contribution < 1.29 is 26.4 Å². The fourth-order valence-electron chi connectivity index (χ4n) is 2.38. The van der Waals surface area contributed by atoms with Gasteiger partial charge in [0.15, 0.2) is 0 Å². The van der Waals surface area contributed by atoms with Crippen LogP contribution in [0.25, 0.3) is 0 Å². The van der Waals surface area contributed by atoms with Crippen LogP contribution >= 0.6 is 0 Å². The van der Waals surface area contributed by atoms with Gasteiger partial charge in [-0.3, -0.25) is 4.79 Å². The van der Waals surface area contributed by atoms with E-state index in [1.165, 1.54) is 30.3 Å². The highest BCUT2D eigenvalue weighted by Gasteiger charge is 2.29. The first-order valence-electron chi connectivity index (χ1n) is 8.09. The molecule has 27 heavy (non-hydrogen) atoms. The molecule has 0 atom stereocenters. The van der Waals surface area contributed by atoms with Crippen molar-refractivity contribution in [2.75, 3.05) is 6.54 Å². The summed E-state index contributed by atoms with van der Waals surface area (Å²) in [7, 11) is -3.71. The van der Waals surface area contributed by atoms with Crippen LogP contribution in [0.15, 0.2) is 47.4 Å². The Kier molecular flexibility index (Phi) is 6.27. The largest absolute Gasteiger partial charge is 0.416 e. The van der Waals surface area contributed by atoms with Gasteiger partial charge in [0, 0.05) is 18.7 Å². The van der Waals surface area contributed by atoms with Crippen molar-refractivity contribution in [1.82, 2.24) is 10.0 Å². The molecule has 2 aromatic rings. The normalized spacial score (nSPS) is 12.0. The second kappa shape index (κ2) is 8.10. The van der Waals surface area contributed by atoms with Crippen molar-refractivity contribution in [1.29, 1.82) is 0 Å². The van der Waals surface area contributed by atoms with Gasteiger partial charge >= 0.3 is 6.18 Å². The number of sulfonamides is 1. The third-order valence-electron chi connectivity index (χ3n) is 3.83. The Bertz CT molecular complexity index is 924. The Morgan fingerprint density at radius 3 is 2.26 bits per heavy atom. The molecule has 0 aliphatic rings. The van der Waals surface area contributed by atoms with E-state index in [1.807, 2.05) is 0 Å². The number of amides is 1. The summed E-state index contributed by atoms with van der Waals surface area (Å²) in [5, 5.41) is 2.59. The topological polar surface area (TPSA) is 75.3 Å². The van der Waals surface area contributed by atoms with Crippen LogP contribution in [0.4, 0.5) is 13.2 Å². The van der Waals surface area contributed by atoms with E-state index in [0.717, 1.165) is 12.1 Å². The molecule has 2 N–H and O–H groups in total. The Hall–Kier alpha value is -2.39. The minimum atomic E-state index is -4.42. The van der Waals surface area contributed by atoms with Crippen molar-refractivity contribution in [2.24, 2.45) is 0 Å². The lowest BCUT2D eigenvalue weighted by molar-refractivity contribution is -0.137. The number of halogens is 3. The van der Waals surface area contributed by atoms with E-state index in [1.54, 1.807) is 13.8 Å². The smallest absolute Gasteiger partial charge is 0.348 e. The van der Waals surface area contributed by atoms with Crippen molar-refractivity contribution in [2.45, 2.75) is 31.5 Å². The molecular formula is C18H19F3N2O3S. The highest BCUT2D eigenvalue weighted by Crippen LogP contribution is 2.29. The maximum Gasteiger partial charge on any atom is 0.416 e. The monoisotopic (exact) mass is 400 g/mol. The maximum atomic E-state index is 12.6. The molecule has 0 spiro atoms. The third-order valence-corrected chi connectivity index (χ3v) is 5.38. The molecule has 0 aromatic heterocycles. The molecule has 2 aromatic carbocycles. The number of nitrogens with one attached hydrogen (secondary N) is 2. The highest BCUT2D eigenvalue weighted by molar-refractivity contribution is 7.89. The summed E-state index contributed by atoms with van der Waals surface area (Å²) in [4.78, 5) is 12.4. The first-order valence-corrected chi connectivity index (χ1v) is 9.57. The number of alkyl halides is 3. The average molecular weight is 400 g/mol. The van der Waals surface area contributed by atoms with E-state index >= 15 is 0 Å². The van der Waals surface area contributed by atoms with Crippen LogP contribution in [0.2, 0.25) is 0 Å². The van der Waals surface area contributed by atoms with E-state index < -0.39 is 27.7 Å². The van der Waals surface area contributed by atoms with Gasteiger partial charge in [-0.15, -0.1) is 0 Å². The van der Waals surface area contributed by atoms with Crippen LogP contribution in [0, 0.1) is 6.92 Å². The summed E-state index contributed by atoms with van der Waals surface area (Å²) in [5.74, 6) is -0.513. The van der Waals surface area contributed by atoms with Gasteiger partial charge in [-0.05, 0) is 42.3 Å². The first-order chi connectivity index (χ1) is 12.5. The molecular weight excluding hydrogens is 381 g/mol. The zero-order valence-corrected chi connectivity index (χ0v) is 15.5. The number of rotatable bonds is 6. The summed E-state index contributed by atoms with van der Waals surface area (Å²) in [6.07, 6.45) is -4.42. The lowest BCUT2D eigenvalue weighted by Crippen LogP contribution is -2.26. The molecule has 5 nitrogen and oxygen atoms in total. The van der Waals surface area contributed by atoms with Gasteiger partial charge < -0.3 is 5.32 Å². The van der Waals surface area contributed by atoms with Crippen LogP contribution in [0.1, 0.15) is 34.0 Å². The van der Waals surface area contributed by atoms with E-state index in [2.05, 4.69) is 10.0 Å². The molecule has 9 heteroatoms. The lowest BCUT2D eigenvalue weighted by Gasteiger charge is -2.11. The van der Waals surface area contributed by atoms with E-state index in [4.69, 9.17) is 0 Å². The van der Waals surface area contributed by atoms with Crippen molar-refractivity contribution >= 4 is 15.9 Å². The van der Waals surface area contributed by atoms with Crippen molar-refractivity contribution in [3.8, 4) is 0 Å². The molecule has 0 unspecified atom stereocenters. The van der Waals surface area contributed by atoms with Gasteiger partial charge in [0.2, 0.25) is 10.0 Å². The predicted molar refractivity (Wildman–Crippen MR) is 94.7 cm³/mol. The first kappa shape index (κ1) is 20.9. The van der Waals surface area contributed by atoms with Crippen molar-refractivity contribution in [3.63, 3.8) is 0 Å². The van der Waals surface area contributed by atoms with Crippen LogP contribution in [-0.4, -0.2) is 20.9 Å². The van der Waals surface area contributed by atoms with E-state index in [-0.39, 0.29) is 23.5 Å². The molecule has 0 bridgehead atoms. The third kappa shape index (κ3) is 5.30. The number of hydrogen-bond acceptors (Lipinski definition) is 3. The van der Waals surface area contributed by atoms with E-state index in [0.29, 0.717) is 11.1 Å². The van der Waals surface area contributed by atoms with Gasteiger partial charge in [0.25, 0.3) is 5.91 Å². The lowest BCUT2D eigenvalue weighted by atomic mass is 10.1. The number of carbonyl (C=O) groups is 1.